The van der Waals surface area contributed by atoms with Gasteiger partial charge in [0.25, 0.3) is 5.69 Å². The summed E-state index contributed by atoms with van der Waals surface area (Å²) in [4.78, 5) is 18.3. The van der Waals surface area contributed by atoms with E-state index in [1.165, 1.54) is 30.0 Å². The van der Waals surface area contributed by atoms with Crippen molar-refractivity contribution in [2.24, 2.45) is 0 Å². The van der Waals surface area contributed by atoms with Gasteiger partial charge in [0, 0.05) is 28.4 Å². The Morgan fingerprint density at radius 3 is 2.45 bits per heavy atom. The molecule has 0 saturated heterocycles. The Hall–Kier alpha value is -1.87. The highest BCUT2D eigenvalue weighted by atomic mass is 79.9. The van der Waals surface area contributed by atoms with Crippen LogP contribution in [-0.2, 0) is 5.75 Å². The molecule has 9 heteroatoms. The molecule has 2 aromatic rings. The topological polar surface area (TPSA) is 121 Å². The van der Waals surface area contributed by atoms with Crippen LogP contribution >= 0.6 is 27.7 Å². The van der Waals surface area contributed by atoms with Crippen LogP contribution in [0.25, 0.3) is 0 Å². The van der Waals surface area contributed by atoms with Gasteiger partial charge in [-0.15, -0.1) is 0 Å². The van der Waals surface area contributed by atoms with E-state index in [1.807, 2.05) is 0 Å². The SMILES string of the molecule is Nc1cc(N)nc(SCc2ccc([N+](=O)[O-])cc2Br)n1. The lowest BCUT2D eigenvalue weighted by Gasteiger charge is -2.05. The predicted octanol–water partition coefficient (Wildman–Crippen LogP) is 2.60. The average Bonchev–Trinajstić information content (AvgIpc) is 2.36. The number of nitro groups is 1. The standard InChI is InChI=1S/C11H10BrN5O2S/c12-8-3-7(17(18)19)2-1-6(8)5-20-11-15-9(13)4-10(14)16-11/h1-4H,5H2,(H4,13,14,15,16). The Morgan fingerprint density at radius 2 is 1.90 bits per heavy atom. The fourth-order valence-electron chi connectivity index (χ4n) is 1.44. The molecule has 0 atom stereocenters. The Labute approximate surface area is 127 Å². The van der Waals surface area contributed by atoms with Crippen LogP contribution in [0.1, 0.15) is 5.56 Å². The number of anilines is 2. The number of nitro benzene ring substituents is 1. The minimum atomic E-state index is -0.441. The minimum absolute atomic E-state index is 0.0371. The molecule has 20 heavy (non-hydrogen) atoms. The molecule has 0 aliphatic rings. The van der Waals surface area contributed by atoms with Gasteiger partial charge < -0.3 is 11.5 Å². The molecule has 0 unspecified atom stereocenters. The number of nitrogens with zero attached hydrogens (tertiary/aromatic N) is 3. The second-order valence-electron chi connectivity index (χ2n) is 3.82. The molecule has 0 amide bonds. The minimum Gasteiger partial charge on any atom is -0.383 e. The highest BCUT2D eigenvalue weighted by Crippen LogP contribution is 2.28. The molecule has 1 aromatic carbocycles. The summed E-state index contributed by atoms with van der Waals surface area (Å²) in [5.41, 5.74) is 12.1. The summed E-state index contributed by atoms with van der Waals surface area (Å²) in [7, 11) is 0. The van der Waals surface area contributed by atoms with Gasteiger partial charge in [0.1, 0.15) is 11.6 Å². The van der Waals surface area contributed by atoms with Gasteiger partial charge in [-0.1, -0.05) is 33.8 Å². The van der Waals surface area contributed by atoms with Gasteiger partial charge in [-0.2, -0.15) is 0 Å². The van der Waals surface area contributed by atoms with Gasteiger partial charge in [0.2, 0.25) is 0 Å². The van der Waals surface area contributed by atoms with Crippen molar-refractivity contribution in [2.45, 2.75) is 10.9 Å². The van der Waals surface area contributed by atoms with E-state index in [1.54, 1.807) is 6.07 Å². The Kier molecular flexibility index (Phi) is 4.40. The van der Waals surface area contributed by atoms with E-state index >= 15 is 0 Å². The molecule has 0 bridgehead atoms. The number of non-ortho nitro benzene ring substituents is 1. The lowest BCUT2D eigenvalue weighted by Crippen LogP contribution is -1.99. The molecule has 0 spiro atoms. The Morgan fingerprint density at radius 1 is 1.25 bits per heavy atom. The largest absolute Gasteiger partial charge is 0.383 e. The first-order chi connectivity index (χ1) is 9.45. The summed E-state index contributed by atoms with van der Waals surface area (Å²) in [6.45, 7) is 0. The zero-order chi connectivity index (χ0) is 14.7. The van der Waals surface area contributed by atoms with Crippen LogP contribution in [0.3, 0.4) is 0 Å². The van der Waals surface area contributed by atoms with E-state index in [-0.39, 0.29) is 5.69 Å². The van der Waals surface area contributed by atoms with Crippen LogP contribution in [0.2, 0.25) is 0 Å². The first-order valence-corrected chi connectivity index (χ1v) is 7.19. The molecule has 1 heterocycles. The number of nitrogen functional groups attached to an aromatic ring is 2. The normalized spacial score (nSPS) is 10.4. The number of hydrogen-bond acceptors (Lipinski definition) is 7. The van der Waals surface area contributed by atoms with E-state index in [4.69, 9.17) is 11.5 Å². The summed E-state index contributed by atoms with van der Waals surface area (Å²) in [5.74, 6) is 1.16. The molecule has 7 nitrogen and oxygen atoms in total. The van der Waals surface area contributed by atoms with Crippen LogP contribution < -0.4 is 11.5 Å². The third-order valence-corrected chi connectivity index (χ3v) is 3.98. The Balaban J connectivity index is 2.12. The molecular weight excluding hydrogens is 346 g/mol. The van der Waals surface area contributed by atoms with E-state index in [0.29, 0.717) is 27.0 Å². The average molecular weight is 356 g/mol. The van der Waals surface area contributed by atoms with Crippen LogP contribution in [-0.4, -0.2) is 14.9 Å². The quantitative estimate of drug-likeness (QED) is 0.374. The van der Waals surface area contributed by atoms with Crippen molar-refractivity contribution in [3.63, 3.8) is 0 Å². The van der Waals surface area contributed by atoms with Crippen LogP contribution in [0.15, 0.2) is 33.9 Å². The molecule has 0 fully saturated rings. The monoisotopic (exact) mass is 355 g/mol. The second-order valence-corrected chi connectivity index (χ2v) is 5.62. The summed E-state index contributed by atoms with van der Waals surface area (Å²) in [6.07, 6.45) is 0. The maximum Gasteiger partial charge on any atom is 0.270 e. The number of hydrogen-bond donors (Lipinski definition) is 2. The lowest BCUT2D eigenvalue weighted by molar-refractivity contribution is -0.384. The van der Waals surface area contributed by atoms with Crippen LogP contribution in [0.4, 0.5) is 17.3 Å². The number of aromatic nitrogens is 2. The zero-order valence-electron chi connectivity index (χ0n) is 10.1. The number of rotatable bonds is 4. The van der Waals surface area contributed by atoms with Crippen molar-refractivity contribution in [1.29, 1.82) is 0 Å². The summed E-state index contributed by atoms with van der Waals surface area (Å²) < 4.78 is 0.663. The predicted molar refractivity (Wildman–Crippen MR) is 81.2 cm³/mol. The molecule has 0 aliphatic heterocycles. The molecule has 0 saturated carbocycles. The van der Waals surface area contributed by atoms with Gasteiger partial charge in [-0.25, -0.2) is 9.97 Å². The van der Waals surface area contributed by atoms with E-state index < -0.39 is 4.92 Å². The van der Waals surface area contributed by atoms with Crippen molar-refractivity contribution < 1.29 is 4.92 Å². The highest BCUT2D eigenvalue weighted by Gasteiger charge is 2.10. The van der Waals surface area contributed by atoms with Crippen molar-refractivity contribution in [2.75, 3.05) is 11.5 Å². The smallest absolute Gasteiger partial charge is 0.270 e. The number of benzene rings is 1. The van der Waals surface area contributed by atoms with Crippen molar-refractivity contribution in [3.8, 4) is 0 Å². The first kappa shape index (κ1) is 14.5. The zero-order valence-corrected chi connectivity index (χ0v) is 12.5. The van der Waals surface area contributed by atoms with Gasteiger partial charge in [0.15, 0.2) is 5.16 Å². The van der Waals surface area contributed by atoms with Gasteiger partial charge >= 0.3 is 0 Å². The number of thioether (sulfide) groups is 1. The summed E-state index contributed by atoms with van der Waals surface area (Å²) >= 11 is 4.66. The van der Waals surface area contributed by atoms with Crippen molar-refractivity contribution in [1.82, 2.24) is 9.97 Å². The van der Waals surface area contributed by atoms with E-state index in [0.717, 1.165) is 5.56 Å². The number of halogens is 1. The third-order valence-electron chi connectivity index (χ3n) is 2.35. The number of nitrogens with two attached hydrogens (primary N) is 2. The molecule has 0 aliphatic carbocycles. The van der Waals surface area contributed by atoms with Crippen LogP contribution in [0, 0.1) is 10.1 Å². The van der Waals surface area contributed by atoms with Gasteiger partial charge in [0.05, 0.1) is 4.92 Å². The van der Waals surface area contributed by atoms with E-state index in [9.17, 15) is 10.1 Å². The third kappa shape index (κ3) is 3.58. The maximum atomic E-state index is 10.7. The molecule has 0 radical (unpaired) electrons. The second kappa shape index (κ2) is 6.06. The fraction of sp³-hybridized carbons (Fsp3) is 0.0909. The fourth-order valence-corrected chi connectivity index (χ4v) is 3.00. The van der Waals surface area contributed by atoms with Crippen molar-refractivity contribution >= 4 is 45.0 Å². The first-order valence-electron chi connectivity index (χ1n) is 5.41. The van der Waals surface area contributed by atoms with Crippen LogP contribution in [0.5, 0.6) is 0 Å². The highest BCUT2D eigenvalue weighted by molar-refractivity contribution is 9.10. The molecule has 2 rings (SSSR count). The molecule has 104 valence electrons. The summed E-state index contributed by atoms with van der Waals surface area (Å²) in [5, 5.41) is 11.1. The maximum absolute atomic E-state index is 10.7. The molecular formula is C11H10BrN5O2S. The van der Waals surface area contributed by atoms with E-state index in [2.05, 4.69) is 25.9 Å². The van der Waals surface area contributed by atoms with Gasteiger partial charge in [-0.3, -0.25) is 10.1 Å². The molecule has 1 aromatic heterocycles. The van der Waals surface area contributed by atoms with Crippen molar-refractivity contribution in [3.05, 3.63) is 44.4 Å². The lowest BCUT2D eigenvalue weighted by atomic mass is 10.2. The molecule has 4 N–H and O–H groups in total. The van der Waals surface area contributed by atoms with Gasteiger partial charge in [-0.05, 0) is 5.56 Å². The Bertz CT molecular complexity index is 647. The summed E-state index contributed by atoms with van der Waals surface area (Å²) in [6, 6.07) is 6.08.